The predicted octanol–water partition coefficient (Wildman–Crippen LogP) is 4.42. The second-order valence-corrected chi connectivity index (χ2v) is 5.05. The van der Waals surface area contributed by atoms with E-state index in [9.17, 15) is 13.2 Å². The van der Waals surface area contributed by atoms with E-state index in [2.05, 4.69) is 5.32 Å². The standard InChI is InChI=1S/C16H14F3NO/c1-21-13-4-2-3-10(7-13)14-8-11-5-6-12(16(17,18)19)9-15(11)20-14/h2-7,9,14,20H,8H2,1H3. The molecule has 1 N–H and O–H groups in total. The molecule has 0 bridgehead atoms. The van der Waals surface area contributed by atoms with E-state index in [1.807, 2.05) is 24.3 Å². The maximum absolute atomic E-state index is 12.7. The molecular weight excluding hydrogens is 279 g/mol. The number of benzene rings is 2. The second kappa shape index (κ2) is 4.98. The van der Waals surface area contributed by atoms with Crippen LogP contribution in [-0.4, -0.2) is 7.11 Å². The normalized spacial score (nSPS) is 17.2. The summed E-state index contributed by atoms with van der Waals surface area (Å²) in [4.78, 5) is 0. The summed E-state index contributed by atoms with van der Waals surface area (Å²) in [5, 5.41) is 3.16. The first-order valence-corrected chi connectivity index (χ1v) is 6.58. The highest BCUT2D eigenvalue weighted by Crippen LogP contribution is 2.39. The Morgan fingerprint density at radius 3 is 2.67 bits per heavy atom. The Kier molecular flexibility index (Phi) is 3.27. The number of nitrogens with one attached hydrogen (secondary N) is 1. The van der Waals surface area contributed by atoms with Crippen LogP contribution < -0.4 is 10.1 Å². The Morgan fingerprint density at radius 2 is 1.95 bits per heavy atom. The van der Waals surface area contributed by atoms with E-state index in [1.165, 1.54) is 6.07 Å². The maximum atomic E-state index is 12.7. The lowest BCUT2D eigenvalue weighted by atomic mass is 10.0. The van der Waals surface area contributed by atoms with Gasteiger partial charge in [0.25, 0.3) is 0 Å². The molecule has 2 aromatic rings. The number of halogens is 3. The molecule has 0 radical (unpaired) electrons. The number of ether oxygens (including phenoxy) is 1. The van der Waals surface area contributed by atoms with E-state index >= 15 is 0 Å². The van der Waals surface area contributed by atoms with Gasteiger partial charge in [-0.1, -0.05) is 18.2 Å². The highest BCUT2D eigenvalue weighted by Gasteiger charge is 2.32. The van der Waals surface area contributed by atoms with Gasteiger partial charge in [-0.15, -0.1) is 0 Å². The van der Waals surface area contributed by atoms with Crippen LogP contribution in [0.15, 0.2) is 42.5 Å². The van der Waals surface area contributed by atoms with Crippen molar-refractivity contribution in [3.05, 3.63) is 59.2 Å². The topological polar surface area (TPSA) is 21.3 Å². The summed E-state index contributed by atoms with van der Waals surface area (Å²) in [5.74, 6) is 0.737. The fraction of sp³-hybridized carbons (Fsp3) is 0.250. The number of alkyl halides is 3. The van der Waals surface area contributed by atoms with Crippen LogP contribution in [0.25, 0.3) is 0 Å². The van der Waals surface area contributed by atoms with Crippen LogP contribution >= 0.6 is 0 Å². The van der Waals surface area contributed by atoms with E-state index in [0.717, 1.165) is 22.9 Å². The fourth-order valence-electron chi connectivity index (χ4n) is 2.58. The van der Waals surface area contributed by atoms with Crippen LogP contribution in [0, 0.1) is 0 Å². The SMILES string of the molecule is COc1cccc(C2Cc3ccc(C(F)(F)F)cc3N2)c1. The number of rotatable bonds is 2. The molecule has 0 amide bonds. The van der Waals surface area contributed by atoms with Crippen molar-refractivity contribution in [2.45, 2.75) is 18.6 Å². The molecule has 0 aromatic heterocycles. The molecular formula is C16H14F3NO. The van der Waals surface area contributed by atoms with Crippen molar-refractivity contribution < 1.29 is 17.9 Å². The third kappa shape index (κ3) is 2.68. The summed E-state index contributed by atoms with van der Waals surface area (Å²) in [7, 11) is 1.59. The first-order valence-electron chi connectivity index (χ1n) is 6.58. The van der Waals surface area contributed by atoms with Gasteiger partial charge in [0.1, 0.15) is 5.75 Å². The maximum Gasteiger partial charge on any atom is 0.416 e. The van der Waals surface area contributed by atoms with Crippen molar-refractivity contribution in [3.8, 4) is 5.75 Å². The third-order valence-electron chi connectivity index (χ3n) is 3.69. The van der Waals surface area contributed by atoms with Crippen molar-refractivity contribution >= 4 is 5.69 Å². The van der Waals surface area contributed by atoms with Gasteiger partial charge in [-0.25, -0.2) is 0 Å². The minimum atomic E-state index is -4.31. The Bertz CT molecular complexity index is 667. The first-order chi connectivity index (χ1) is 9.97. The van der Waals surface area contributed by atoms with Crippen LogP contribution in [0.3, 0.4) is 0 Å². The molecule has 110 valence electrons. The van der Waals surface area contributed by atoms with E-state index in [1.54, 1.807) is 13.2 Å². The zero-order valence-electron chi connectivity index (χ0n) is 11.4. The largest absolute Gasteiger partial charge is 0.497 e. The zero-order valence-corrected chi connectivity index (χ0v) is 11.4. The molecule has 0 fully saturated rings. The van der Waals surface area contributed by atoms with Crippen molar-refractivity contribution in [2.24, 2.45) is 0 Å². The van der Waals surface area contributed by atoms with E-state index in [0.29, 0.717) is 12.1 Å². The molecule has 0 spiro atoms. The van der Waals surface area contributed by atoms with Crippen LogP contribution in [0.2, 0.25) is 0 Å². The number of fused-ring (bicyclic) bond motifs is 1. The minimum absolute atomic E-state index is 0.0291. The lowest BCUT2D eigenvalue weighted by molar-refractivity contribution is -0.137. The van der Waals surface area contributed by atoms with Crippen molar-refractivity contribution in [3.63, 3.8) is 0 Å². The van der Waals surface area contributed by atoms with Gasteiger partial charge in [-0.2, -0.15) is 13.2 Å². The molecule has 2 aromatic carbocycles. The zero-order chi connectivity index (χ0) is 15.0. The lowest BCUT2D eigenvalue weighted by Gasteiger charge is -2.13. The molecule has 0 saturated heterocycles. The molecule has 0 aliphatic carbocycles. The highest BCUT2D eigenvalue weighted by atomic mass is 19.4. The molecule has 0 saturated carbocycles. The monoisotopic (exact) mass is 293 g/mol. The third-order valence-corrected chi connectivity index (χ3v) is 3.69. The van der Waals surface area contributed by atoms with Crippen LogP contribution in [0.1, 0.15) is 22.7 Å². The molecule has 1 heterocycles. The Hall–Kier alpha value is -2.17. The van der Waals surface area contributed by atoms with Crippen molar-refractivity contribution in [1.29, 1.82) is 0 Å². The second-order valence-electron chi connectivity index (χ2n) is 5.05. The molecule has 5 heteroatoms. The number of hydrogen-bond donors (Lipinski definition) is 1. The molecule has 1 aliphatic rings. The van der Waals surface area contributed by atoms with Crippen LogP contribution in [0.5, 0.6) is 5.75 Å². The van der Waals surface area contributed by atoms with Gasteiger partial charge in [-0.3, -0.25) is 0 Å². The Balaban J connectivity index is 1.87. The van der Waals surface area contributed by atoms with Gasteiger partial charge in [0.05, 0.1) is 18.7 Å². The summed E-state index contributed by atoms with van der Waals surface area (Å²) >= 11 is 0. The lowest BCUT2D eigenvalue weighted by Crippen LogP contribution is -2.07. The van der Waals surface area contributed by atoms with Gasteiger partial charge in [-0.05, 0) is 41.8 Å². The molecule has 1 unspecified atom stereocenters. The van der Waals surface area contributed by atoms with E-state index in [-0.39, 0.29) is 6.04 Å². The van der Waals surface area contributed by atoms with Gasteiger partial charge >= 0.3 is 6.18 Å². The number of methoxy groups -OCH3 is 1. The Morgan fingerprint density at radius 1 is 1.14 bits per heavy atom. The minimum Gasteiger partial charge on any atom is -0.497 e. The van der Waals surface area contributed by atoms with Gasteiger partial charge in [0.15, 0.2) is 0 Å². The van der Waals surface area contributed by atoms with E-state index < -0.39 is 11.7 Å². The summed E-state index contributed by atoms with van der Waals surface area (Å²) in [6.07, 6.45) is -3.65. The summed E-state index contributed by atoms with van der Waals surface area (Å²) in [5.41, 5.74) is 1.83. The van der Waals surface area contributed by atoms with Crippen molar-refractivity contribution in [2.75, 3.05) is 12.4 Å². The van der Waals surface area contributed by atoms with E-state index in [4.69, 9.17) is 4.74 Å². The molecule has 3 rings (SSSR count). The first kappa shape index (κ1) is 13.8. The predicted molar refractivity (Wildman–Crippen MR) is 74.5 cm³/mol. The molecule has 2 nitrogen and oxygen atoms in total. The van der Waals surface area contributed by atoms with Crippen LogP contribution in [-0.2, 0) is 12.6 Å². The smallest absolute Gasteiger partial charge is 0.416 e. The van der Waals surface area contributed by atoms with Gasteiger partial charge in [0, 0.05) is 5.69 Å². The van der Waals surface area contributed by atoms with Crippen molar-refractivity contribution in [1.82, 2.24) is 0 Å². The highest BCUT2D eigenvalue weighted by molar-refractivity contribution is 5.60. The quantitative estimate of drug-likeness (QED) is 0.884. The summed E-state index contributed by atoms with van der Waals surface area (Å²) in [6.45, 7) is 0. The number of anilines is 1. The van der Waals surface area contributed by atoms with Gasteiger partial charge in [0.2, 0.25) is 0 Å². The molecule has 1 atom stereocenters. The fourth-order valence-corrected chi connectivity index (χ4v) is 2.58. The Labute approximate surface area is 120 Å². The number of hydrogen-bond acceptors (Lipinski definition) is 2. The molecule has 21 heavy (non-hydrogen) atoms. The van der Waals surface area contributed by atoms with Crippen LogP contribution in [0.4, 0.5) is 18.9 Å². The average molecular weight is 293 g/mol. The summed E-state index contributed by atoms with van der Waals surface area (Å²) in [6, 6.07) is 11.4. The van der Waals surface area contributed by atoms with Gasteiger partial charge < -0.3 is 10.1 Å². The molecule has 1 aliphatic heterocycles. The average Bonchev–Trinajstić information content (AvgIpc) is 2.89. The summed E-state index contributed by atoms with van der Waals surface area (Å²) < 4.78 is 43.4.